The molecule has 0 aromatic heterocycles. The monoisotopic (exact) mass is 450 g/mol. The molecule has 2 rings (SSSR count). The summed E-state index contributed by atoms with van der Waals surface area (Å²) in [6, 6.07) is 11.9. The van der Waals surface area contributed by atoms with Gasteiger partial charge in [0.25, 0.3) is 0 Å². The van der Waals surface area contributed by atoms with Gasteiger partial charge in [-0.15, -0.1) is 0 Å². The van der Waals surface area contributed by atoms with E-state index in [-0.39, 0.29) is 11.1 Å². The molecule has 0 unspecified atom stereocenters. The lowest BCUT2D eigenvalue weighted by molar-refractivity contribution is -0.268. The Morgan fingerprint density at radius 1 is 0.600 bits per heavy atom. The van der Waals surface area contributed by atoms with E-state index in [0.29, 0.717) is 10.0 Å². The Labute approximate surface area is 184 Å². The Morgan fingerprint density at radius 2 is 0.867 bits per heavy atom. The number of halogens is 2. The molecule has 30 heavy (non-hydrogen) atoms. The number of Topliss-reactive ketones (excluding diaryl/α,β-unsaturated/α-hetero) is 2. The first-order chi connectivity index (χ1) is 13.9. The summed E-state index contributed by atoms with van der Waals surface area (Å²) in [4.78, 5) is 59.3. The number of hydrogen-bond donors (Lipinski definition) is 0. The zero-order chi connectivity index (χ0) is 22.7. The van der Waals surface area contributed by atoms with Crippen molar-refractivity contribution >= 4 is 46.7 Å². The number of rotatable bonds is 6. The van der Waals surface area contributed by atoms with Gasteiger partial charge in [0.2, 0.25) is 0 Å². The van der Waals surface area contributed by atoms with Crippen molar-refractivity contribution in [3.8, 4) is 0 Å². The van der Waals surface area contributed by atoms with Gasteiger partial charge >= 0.3 is 11.9 Å². The van der Waals surface area contributed by atoms with Gasteiger partial charge in [-0.3, -0.25) is 9.59 Å². The lowest BCUT2D eigenvalue weighted by Gasteiger charge is -2.22. The number of carbonyl (C=O) groups is 4. The molecule has 0 spiro atoms. The average Bonchev–Trinajstić information content (AvgIpc) is 2.71. The first kappa shape index (κ1) is 23.6. The summed E-state index contributed by atoms with van der Waals surface area (Å²) in [5, 5.41) is 0.877. The number of carbonyl (C=O) groups excluding carboxylic acids is 4. The van der Waals surface area contributed by atoms with Crippen LogP contribution in [0.5, 0.6) is 0 Å². The fourth-order valence-corrected chi connectivity index (χ4v) is 2.65. The second kappa shape index (κ2) is 8.98. The zero-order valence-electron chi connectivity index (χ0n) is 16.8. The Morgan fingerprint density at radius 3 is 1.13 bits per heavy atom. The van der Waals surface area contributed by atoms with Crippen LogP contribution in [0.2, 0.25) is 10.0 Å². The smallest absolute Gasteiger partial charge is 0.293 e. The van der Waals surface area contributed by atoms with Crippen LogP contribution >= 0.6 is 23.2 Å². The fraction of sp³-hybridized carbons (Fsp3) is 0.273. The summed E-state index contributed by atoms with van der Waals surface area (Å²) >= 11 is 11.6. The minimum atomic E-state index is -1.64. The number of hydrogen-bond acceptors (Lipinski definition) is 6. The first-order valence-corrected chi connectivity index (χ1v) is 9.67. The maximum Gasteiger partial charge on any atom is 0.368 e. The molecule has 0 fully saturated rings. The number of ketones is 2. The molecule has 158 valence electrons. The van der Waals surface area contributed by atoms with Crippen molar-refractivity contribution in [3.63, 3.8) is 0 Å². The van der Waals surface area contributed by atoms with Crippen LogP contribution in [0.4, 0.5) is 0 Å². The molecule has 0 aliphatic heterocycles. The van der Waals surface area contributed by atoms with E-state index in [0.717, 1.165) is 0 Å². The highest BCUT2D eigenvalue weighted by Crippen LogP contribution is 2.28. The van der Waals surface area contributed by atoms with Crippen LogP contribution in [0.15, 0.2) is 48.5 Å². The van der Waals surface area contributed by atoms with Crippen molar-refractivity contribution < 1.29 is 29.0 Å². The maximum atomic E-state index is 12.6. The van der Waals surface area contributed by atoms with E-state index >= 15 is 0 Å². The lowest BCUT2D eigenvalue weighted by Crippen LogP contribution is -2.39. The Kier molecular flexibility index (Phi) is 7.06. The van der Waals surface area contributed by atoms with Crippen molar-refractivity contribution in [3.05, 3.63) is 69.7 Å². The predicted octanol–water partition coefficient (Wildman–Crippen LogP) is 5.11. The van der Waals surface area contributed by atoms with Crippen LogP contribution in [-0.2, 0) is 19.4 Å². The van der Waals surface area contributed by atoms with E-state index in [2.05, 4.69) is 9.78 Å². The molecule has 6 nitrogen and oxygen atoms in total. The molecule has 8 heteroatoms. The third-order valence-electron chi connectivity index (χ3n) is 4.56. The van der Waals surface area contributed by atoms with Gasteiger partial charge in [0.05, 0.1) is 0 Å². The van der Waals surface area contributed by atoms with E-state index < -0.39 is 34.3 Å². The van der Waals surface area contributed by atoms with E-state index in [1.807, 2.05) is 0 Å². The van der Waals surface area contributed by atoms with Gasteiger partial charge in [-0.2, -0.15) is 0 Å². The lowest BCUT2D eigenvalue weighted by atomic mass is 9.84. The van der Waals surface area contributed by atoms with Crippen LogP contribution in [0, 0.1) is 10.8 Å². The fourth-order valence-electron chi connectivity index (χ4n) is 2.39. The minimum absolute atomic E-state index is 0.242. The number of benzene rings is 2. The average molecular weight is 451 g/mol. The van der Waals surface area contributed by atoms with Gasteiger partial charge in [0, 0.05) is 21.2 Å². The molecule has 0 saturated carbocycles. The second-order valence-electron chi connectivity index (χ2n) is 7.66. The highest BCUT2D eigenvalue weighted by atomic mass is 35.5. The standard InChI is InChI=1S/C22H20Cl2O6/c1-21(2,17(25)13-5-9-15(23)10-6-13)19(27)29-30-20(28)22(3,4)18(26)14-7-11-16(24)12-8-14/h5-12H,1-4H3. The second-order valence-corrected chi connectivity index (χ2v) is 8.54. The summed E-state index contributed by atoms with van der Waals surface area (Å²) in [5.74, 6) is -3.25. The molecule has 2 aromatic carbocycles. The topological polar surface area (TPSA) is 86.7 Å². The quantitative estimate of drug-likeness (QED) is 0.263. The summed E-state index contributed by atoms with van der Waals surface area (Å²) in [5.41, 5.74) is -2.80. The molecule has 0 radical (unpaired) electrons. The third-order valence-corrected chi connectivity index (χ3v) is 5.07. The molecule has 0 atom stereocenters. The van der Waals surface area contributed by atoms with Crippen LogP contribution in [0.3, 0.4) is 0 Å². The van der Waals surface area contributed by atoms with Crippen molar-refractivity contribution in [2.75, 3.05) is 0 Å². The molecule has 0 aliphatic rings. The highest BCUT2D eigenvalue weighted by molar-refractivity contribution is 6.31. The normalized spacial score (nSPS) is 11.5. The highest BCUT2D eigenvalue weighted by Gasteiger charge is 2.43. The Bertz CT molecular complexity index is 894. The predicted molar refractivity (Wildman–Crippen MR) is 111 cm³/mol. The van der Waals surface area contributed by atoms with Crippen LogP contribution in [0.1, 0.15) is 48.4 Å². The third kappa shape index (κ3) is 5.07. The van der Waals surface area contributed by atoms with E-state index in [4.69, 9.17) is 23.2 Å². The van der Waals surface area contributed by atoms with E-state index in [1.165, 1.54) is 76.2 Å². The Balaban J connectivity index is 2.07. The summed E-state index contributed by atoms with van der Waals surface area (Å²) < 4.78 is 0. The zero-order valence-corrected chi connectivity index (χ0v) is 18.3. The van der Waals surface area contributed by atoms with Gasteiger partial charge in [-0.25, -0.2) is 19.4 Å². The summed E-state index contributed by atoms with van der Waals surface area (Å²) in [6.45, 7) is 5.35. The summed E-state index contributed by atoms with van der Waals surface area (Å²) in [6.07, 6.45) is 0. The van der Waals surface area contributed by atoms with Crippen molar-refractivity contribution in [2.24, 2.45) is 10.8 Å². The van der Waals surface area contributed by atoms with Crippen LogP contribution in [0.25, 0.3) is 0 Å². The molecular formula is C22H20Cl2O6. The van der Waals surface area contributed by atoms with Gasteiger partial charge in [-0.1, -0.05) is 23.2 Å². The van der Waals surface area contributed by atoms with Crippen LogP contribution < -0.4 is 0 Å². The van der Waals surface area contributed by atoms with Crippen molar-refractivity contribution in [2.45, 2.75) is 27.7 Å². The molecule has 2 aromatic rings. The van der Waals surface area contributed by atoms with E-state index in [9.17, 15) is 19.2 Å². The van der Waals surface area contributed by atoms with Gasteiger partial charge in [-0.05, 0) is 76.2 Å². The van der Waals surface area contributed by atoms with Gasteiger partial charge in [0.1, 0.15) is 10.8 Å². The van der Waals surface area contributed by atoms with Crippen molar-refractivity contribution in [1.29, 1.82) is 0 Å². The molecule has 0 heterocycles. The van der Waals surface area contributed by atoms with E-state index in [1.54, 1.807) is 0 Å². The first-order valence-electron chi connectivity index (χ1n) is 8.91. The van der Waals surface area contributed by atoms with Gasteiger partial charge in [0.15, 0.2) is 11.6 Å². The SMILES string of the molecule is CC(C)(C(=O)OOC(=O)C(C)(C)C(=O)c1ccc(Cl)cc1)C(=O)c1ccc(Cl)cc1. The molecule has 0 N–H and O–H groups in total. The van der Waals surface area contributed by atoms with Gasteiger partial charge < -0.3 is 0 Å². The molecule has 0 bridgehead atoms. The maximum absolute atomic E-state index is 12.6. The summed E-state index contributed by atoms with van der Waals surface area (Å²) in [7, 11) is 0. The Hall–Kier alpha value is -2.70. The largest absolute Gasteiger partial charge is 0.368 e. The molecule has 0 aliphatic carbocycles. The molecular weight excluding hydrogens is 431 g/mol. The van der Waals surface area contributed by atoms with Crippen LogP contribution in [-0.4, -0.2) is 23.5 Å². The molecule has 0 amide bonds. The minimum Gasteiger partial charge on any atom is -0.293 e. The van der Waals surface area contributed by atoms with Crippen molar-refractivity contribution in [1.82, 2.24) is 0 Å². The molecule has 0 saturated heterocycles.